The Labute approximate surface area is 187 Å². The molecule has 2 aromatic rings. The van der Waals surface area contributed by atoms with E-state index in [0.29, 0.717) is 43.7 Å². The van der Waals surface area contributed by atoms with Gasteiger partial charge in [-0.2, -0.15) is 4.31 Å². The highest BCUT2D eigenvalue weighted by atomic mass is 32.2. The van der Waals surface area contributed by atoms with E-state index in [-0.39, 0.29) is 30.6 Å². The van der Waals surface area contributed by atoms with Crippen LogP contribution in [0.2, 0.25) is 0 Å². The predicted octanol–water partition coefficient (Wildman–Crippen LogP) is 1.47. The van der Waals surface area contributed by atoms with E-state index in [0.717, 1.165) is 12.0 Å². The summed E-state index contributed by atoms with van der Waals surface area (Å²) in [6, 6.07) is 8.01. The van der Waals surface area contributed by atoms with Crippen molar-refractivity contribution in [3.63, 3.8) is 0 Å². The number of benzene rings is 1. The van der Waals surface area contributed by atoms with Crippen molar-refractivity contribution >= 4 is 16.1 Å². The highest BCUT2D eigenvalue weighted by molar-refractivity contribution is 7.89. The monoisotopic (exact) mass is 462 g/mol. The summed E-state index contributed by atoms with van der Waals surface area (Å²) in [6.07, 6.45) is 2.36. The zero-order valence-corrected chi connectivity index (χ0v) is 18.6. The Hall–Kier alpha value is -3.05. The van der Waals surface area contributed by atoms with Crippen molar-refractivity contribution in [3.05, 3.63) is 42.1 Å². The smallest absolute Gasteiger partial charge is 0.317 e. The number of urea groups is 1. The molecule has 1 fully saturated rings. The van der Waals surface area contributed by atoms with Crippen LogP contribution in [0.5, 0.6) is 17.4 Å². The average Bonchev–Trinajstić information content (AvgIpc) is 3.07. The molecule has 0 spiro atoms. The van der Waals surface area contributed by atoms with Gasteiger partial charge >= 0.3 is 6.03 Å². The molecule has 172 valence electrons. The van der Waals surface area contributed by atoms with Crippen LogP contribution in [0.25, 0.3) is 0 Å². The molecule has 2 amide bonds. The van der Waals surface area contributed by atoms with Gasteiger partial charge in [-0.15, -0.1) is 0 Å². The number of sulfonamides is 1. The molecule has 0 atom stereocenters. The fourth-order valence-electron chi connectivity index (χ4n) is 3.61. The third-order valence-electron chi connectivity index (χ3n) is 5.36. The first kappa shape index (κ1) is 22.2. The number of amides is 2. The van der Waals surface area contributed by atoms with Crippen molar-refractivity contribution in [3.8, 4) is 17.4 Å². The lowest BCUT2D eigenvalue weighted by molar-refractivity contribution is 0.172. The van der Waals surface area contributed by atoms with Crippen molar-refractivity contribution in [2.45, 2.75) is 17.9 Å². The predicted molar refractivity (Wildman–Crippen MR) is 115 cm³/mol. The molecule has 1 saturated heterocycles. The Kier molecular flexibility index (Phi) is 6.66. The number of methoxy groups -OCH3 is 1. The lowest BCUT2D eigenvalue weighted by atomic mass is 10.2. The summed E-state index contributed by atoms with van der Waals surface area (Å²) in [4.78, 5) is 18.4. The Morgan fingerprint density at radius 1 is 1.12 bits per heavy atom. The Bertz CT molecular complexity index is 1070. The number of pyridine rings is 1. The van der Waals surface area contributed by atoms with Crippen LogP contribution >= 0.6 is 0 Å². The molecule has 32 heavy (non-hydrogen) atoms. The molecule has 2 aliphatic heterocycles. The fourth-order valence-corrected chi connectivity index (χ4v) is 5.05. The van der Waals surface area contributed by atoms with Crippen molar-refractivity contribution in [1.29, 1.82) is 0 Å². The standard InChI is InChI=1S/C21H26N4O6S/c1-29-20-16(4-2-7-22-20)15-23-21(26)24-8-10-25(11-9-24)32(27,28)17-5-6-18-19(14-17)31-13-3-12-30-18/h2,4-7,14H,3,8-13,15H2,1H3,(H,23,26). The highest BCUT2D eigenvalue weighted by Gasteiger charge is 2.31. The third kappa shape index (κ3) is 4.73. The lowest BCUT2D eigenvalue weighted by Gasteiger charge is -2.34. The molecule has 10 nitrogen and oxygen atoms in total. The minimum absolute atomic E-state index is 0.156. The maximum absolute atomic E-state index is 13.1. The van der Waals surface area contributed by atoms with Crippen molar-refractivity contribution in [2.75, 3.05) is 46.5 Å². The van der Waals surface area contributed by atoms with Gasteiger partial charge in [-0.3, -0.25) is 0 Å². The van der Waals surface area contributed by atoms with Crippen LogP contribution in [0.3, 0.4) is 0 Å². The second-order valence-corrected chi connectivity index (χ2v) is 9.32. The summed E-state index contributed by atoms with van der Waals surface area (Å²) in [5.41, 5.74) is 0.763. The Balaban J connectivity index is 1.35. The number of rotatable bonds is 5. The van der Waals surface area contributed by atoms with Crippen molar-refractivity contribution in [2.24, 2.45) is 0 Å². The van der Waals surface area contributed by atoms with E-state index in [1.165, 1.54) is 23.5 Å². The number of nitrogens with one attached hydrogen (secondary N) is 1. The molecule has 0 aliphatic carbocycles. The third-order valence-corrected chi connectivity index (χ3v) is 7.25. The Morgan fingerprint density at radius 3 is 2.62 bits per heavy atom. The van der Waals surface area contributed by atoms with E-state index in [1.54, 1.807) is 23.2 Å². The molecule has 0 bridgehead atoms. The lowest BCUT2D eigenvalue weighted by Crippen LogP contribution is -2.52. The topological polar surface area (TPSA) is 110 Å². The second-order valence-electron chi connectivity index (χ2n) is 7.38. The molecule has 1 aromatic heterocycles. The highest BCUT2D eigenvalue weighted by Crippen LogP contribution is 2.33. The zero-order valence-electron chi connectivity index (χ0n) is 17.8. The fraction of sp³-hybridized carbons (Fsp3) is 0.429. The van der Waals surface area contributed by atoms with Gasteiger partial charge in [-0.05, 0) is 18.2 Å². The van der Waals surface area contributed by atoms with E-state index in [9.17, 15) is 13.2 Å². The van der Waals surface area contributed by atoms with Crippen molar-refractivity contribution < 1.29 is 27.4 Å². The first-order valence-corrected chi connectivity index (χ1v) is 11.8. The molecule has 1 aromatic carbocycles. The number of carbonyl (C=O) groups is 1. The summed E-state index contributed by atoms with van der Waals surface area (Å²) in [5.74, 6) is 1.44. The summed E-state index contributed by atoms with van der Waals surface area (Å²) in [5, 5.41) is 2.84. The first-order chi connectivity index (χ1) is 15.5. The molecular weight excluding hydrogens is 436 g/mol. The number of carbonyl (C=O) groups excluding carboxylic acids is 1. The largest absolute Gasteiger partial charge is 0.490 e. The van der Waals surface area contributed by atoms with Crippen LogP contribution < -0.4 is 19.5 Å². The number of aromatic nitrogens is 1. The van der Waals surface area contributed by atoms with Crippen LogP contribution in [0.4, 0.5) is 4.79 Å². The number of nitrogens with zero attached hydrogens (tertiary/aromatic N) is 3. The number of hydrogen-bond donors (Lipinski definition) is 1. The van der Waals surface area contributed by atoms with Gasteiger partial charge in [0.15, 0.2) is 11.5 Å². The van der Waals surface area contributed by atoms with E-state index >= 15 is 0 Å². The van der Waals surface area contributed by atoms with Crippen LogP contribution in [0.1, 0.15) is 12.0 Å². The number of hydrogen-bond acceptors (Lipinski definition) is 7. The summed E-state index contributed by atoms with van der Waals surface area (Å²) < 4.78 is 44.0. The quantitative estimate of drug-likeness (QED) is 0.716. The normalized spacial score (nSPS) is 16.8. The molecule has 0 unspecified atom stereocenters. The Morgan fingerprint density at radius 2 is 1.88 bits per heavy atom. The van der Waals surface area contributed by atoms with Crippen molar-refractivity contribution in [1.82, 2.24) is 19.5 Å². The molecule has 11 heteroatoms. The van der Waals surface area contributed by atoms with Gasteiger partial charge in [0.2, 0.25) is 15.9 Å². The van der Waals surface area contributed by atoms with Crippen LogP contribution in [-0.2, 0) is 16.6 Å². The van der Waals surface area contributed by atoms with Gasteiger partial charge in [0.25, 0.3) is 0 Å². The molecule has 0 saturated carbocycles. The van der Waals surface area contributed by atoms with Gasteiger partial charge in [0.05, 0.1) is 25.2 Å². The maximum atomic E-state index is 13.1. The van der Waals surface area contributed by atoms with Gasteiger partial charge in [-0.25, -0.2) is 18.2 Å². The SMILES string of the molecule is COc1ncccc1CNC(=O)N1CCN(S(=O)(=O)c2ccc3c(c2)OCCCO3)CC1. The van der Waals surface area contributed by atoms with E-state index < -0.39 is 10.0 Å². The van der Waals surface area contributed by atoms with E-state index in [1.807, 2.05) is 6.07 Å². The molecule has 0 radical (unpaired) electrons. The van der Waals surface area contributed by atoms with Gasteiger partial charge in [0, 0.05) is 57.0 Å². The molecule has 2 aliphatic rings. The van der Waals surface area contributed by atoms with Crippen LogP contribution in [0, 0.1) is 0 Å². The molecule has 4 rings (SSSR count). The average molecular weight is 463 g/mol. The number of fused-ring (bicyclic) bond motifs is 1. The molecule has 3 heterocycles. The zero-order chi connectivity index (χ0) is 22.6. The minimum atomic E-state index is -3.71. The summed E-state index contributed by atoms with van der Waals surface area (Å²) in [7, 11) is -2.18. The minimum Gasteiger partial charge on any atom is -0.490 e. The van der Waals surface area contributed by atoms with E-state index in [4.69, 9.17) is 14.2 Å². The molecule has 1 N–H and O–H groups in total. The maximum Gasteiger partial charge on any atom is 0.317 e. The van der Waals surface area contributed by atoms with Crippen LogP contribution in [-0.4, -0.2) is 75.1 Å². The summed E-state index contributed by atoms with van der Waals surface area (Å²) >= 11 is 0. The number of piperazine rings is 1. The first-order valence-electron chi connectivity index (χ1n) is 10.4. The van der Waals surface area contributed by atoms with Gasteiger partial charge in [0.1, 0.15) is 0 Å². The number of ether oxygens (including phenoxy) is 3. The van der Waals surface area contributed by atoms with Gasteiger partial charge < -0.3 is 24.4 Å². The molecular formula is C21H26N4O6S. The van der Waals surface area contributed by atoms with Gasteiger partial charge in [-0.1, -0.05) is 6.07 Å². The van der Waals surface area contributed by atoms with Crippen LogP contribution in [0.15, 0.2) is 41.4 Å². The van der Waals surface area contributed by atoms with E-state index in [2.05, 4.69) is 10.3 Å². The second kappa shape index (κ2) is 9.61. The summed E-state index contributed by atoms with van der Waals surface area (Å²) in [6.45, 7) is 2.29.